The first kappa shape index (κ1) is 26.0. The normalized spacial score (nSPS) is 15.7. The second kappa shape index (κ2) is 10.1. The summed E-state index contributed by atoms with van der Waals surface area (Å²) in [6.07, 6.45) is 1.52. The summed E-state index contributed by atoms with van der Waals surface area (Å²) in [5.41, 5.74) is -0.478. The first-order chi connectivity index (χ1) is 17.0. The maximum Gasteiger partial charge on any atom is 0.420 e. The van der Waals surface area contributed by atoms with Crippen LogP contribution in [-0.4, -0.2) is 63.9 Å². The van der Waals surface area contributed by atoms with Crippen molar-refractivity contribution in [2.75, 3.05) is 24.7 Å². The van der Waals surface area contributed by atoms with Gasteiger partial charge in [0.25, 0.3) is 0 Å². The van der Waals surface area contributed by atoms with Gasteiger partial charge in [0.05, 0.1) is 17.0 Å². The van der Waals surface area contributed by atoms with E-state index in [0.717, 1.165) is 6.26 Å². The number of aldehydes is 1. The summed E-state index contributed by atoms with van der Waals surface area (Å²) < 4.78 is 67.5. The van der Waals surface area contributed by atoms with E-state index in [4.69, 9.17) is 11.6 Å². The fourth-order valence-corrected chi connectivity index (χ4v) is 5.13. The van der Waals surface area contributed by atoms with Crippen LogP contribution in [0.15, 0.2) is 36.9 Å². The second-order valence-electron chi connectivity index (χ2n) is 8.32. The molecule has 1 saturated heterocycles. The third kappa shape index (κ3) is 5.68. The first-order valence-electron chi connectivity index (χ1n) is 10.9. The van der Waals surface area contributed by atoms with Gasteiger partial charge in [0.2, 0.25) is 16.0 Å². The van der Waals surface area contributed by atoms with Crippen molar-refractivity contribution in [1.82, 2.24) is 23.8 Å². The number of sulfonamides is 1. The molecule has 3 heterocycles. The number of benzene rings is 1. The Hall–Kier alpha value is -3.03. The van der Waals surface area contributed by atoms with E-state index < -0.39 is 27.5 Å². The number of imidazole rings is 1. The predicted octanol–water partition coefficient (Wildman–Crippen LogP) is 3.58. The Kier molecular flexibility index (Phi) is 7.34. The number of carbonyl (C=O) groups excluding carboxylic acids is 1. The smallest absolute Gasteiger partial charge is 0.351 e. The molecule has 0 radical (unpaired) electrons. The molecule has 1 aromatic carbocycles. The van der Waals surface area contributed by atoms with Crippen molar-refractivity contribution in [3.05, 3.63) is 53.1 Å². The molecule has 1 fully saturated rings. The molecule has 4 rings (SSSR count). The molecule has 0 amide bonds. The lowest BCUT2D eigenvalue weighted by Crippen LogP contribution is -2.42. The van der Waals surface area contributed by atoms with Crippen molar-refractivity contribution in [1.29, 1.82) is 0 Å². The Bertz CT molecular complexity index is 1370. The Morgan fingerprint density at radius 2 is 1.94 bits per heavy atom. The van der Waals surface area contributed by atoms with Gasteiger partial charge in [-0.05, 0) is 24.5 Å². The lowest BCUT2D eigenvalue weighted by molar-refractivity contribution is -0.137. The maximum absolute atomic E-state index is 13.8. The van der Waals surface area contributed by atoms with Gasteiger partial charge in [-0.2, -0.15) is 13.2 Å². The van der Waals surface area contributed by atoms with Crippen molar-refractivity contribution >= 4 is 33.9 Å². The molecule has 14 heteroatoms. The highest BCUT2D eigenvalue weighted by Crippen LogP contribution is 2.36. The summed E-state index contributed by atoms with van der Waals surface area (Å²) in [6.45, 7) is 0.580. The zero-order chi connectivity index (χ0) is 26.1. The van der Waals surface area contributed by atoms with Gasteiger partial charge < -0.3 is 14.7 Å². The molecule has 2 aromatic heterocycles. The van der Waals surface area contributed by atoms with Crippen LogP contribution in [0.2, 0.25) is 5.02 Å². The highest BCUT2D eigenvalue weighted by molar-refractivity contribution is 7.88. The first-order valence-corrected chi connectivity index (χ1v) is 13.1. The van der Waals surface area contributed by atoms with Gasteiger partial charge >= 0.3 is 6.18 Å². The van der Waals surface area contributed by atoms with E-state index in [1.807, 2.05) is 0 Å². The number of hydrogen-bond acceptors (Lipinski definition) is 7. The van der Waals surface area contributed by atoms with Gasteiger partial charge in [-0.1, -0.05) is 23.7 Å². The molecule has 0 bridgehead atoms. The fourth-order valence-electron chi connectivity index (χ4n) is 3.96. The van der Waals surface area contributed by atoms with Crippen LogP contribution in [0.25, 0.3) is 17.1 Å². The van der Waals surface area contributed by atoms with Gasteiger partial charge in [-0.3, -0.25) is 0 Å². The Labute approximate surface area is 210 Å². The highest BCUT2D eigenvalue weighted by Gasteiger charge is 2.36. The summed E-state index contributed by atoms with van der Waals surface area (Å²) in [4.78, 5) is 23.0. The predicted molar refractivity (Wildman–Crippen MR) is 127 cm³/mol. The van der Waals surface area contributed by atoms with Crippen molar-refractivity contribution in [2.45, 2.75) is 31.5 Å². The summed E-state index contributed by atoms with van der Waals surface area (Å²) in [6, 6.07) is 4.82. The summed E-state index contributed by atoms with van der Waals surface area (Å²) in [7, 11) is -3.30. The quantitative estimate of drug-likeness (QED) is 0.454. The number of rotatable bonds is 7. The minimum Gasteiger partial charge on any atom is -0.351 e. The van der Waals surface area contributed by atoms with Crippen molar-refractivity contribution in [3.8, 4) is 17.1 Å². The second-order valence-corrected chi connectivity index (χ2v) is 10.7. The van der Waals surface area contributed by atoms with E-state index in [1.165, 1.54) is 21.4 Å². The number of halogens is 4. The fraction of sp³-hybridized carbons (Fsp3) is 0.364. The lowest BCUT2D eigenvalue weighted by Gasteiger charge is -2.30. The van der Waals surface area contributed by atoms with Crippen molar-refractivity contribution < 1.29 is 26.4 Å². The number of carbonyl (C=O) groups is 1. The van der Waals surface area contributed by atoms with E-state index in [0.29, 0.717) is 49.7 Å². The van der Waals surface area contributed by atoms with Crippen LogP contribution >= 0.6 is 11.6 Å². The van der Waals surface area contributed by atoms with Gasteiger partial charge in [0.15, 0.2) is 0 Å². The molecular formula is C22H22ClF3N6O3S. The third-order valence-corrected chi connectivity index (χ3v) is 7.55. The molecule has 192 valence electrons. The van der Waals surface area contributed by atoms with Crippen LogP contribution in [-0.2, 0) is 27.4 Å². The number of aromatic nitrogens is 4. The van der Waals surface area contributed by atoms with Crippen LogP contribution in [0.3, 0.4) is 0 Å². The van der Waals surface area contributed by atoms with Crippen LogP contribution in [0, 0.1) is 0 Å². The summed E-state index contributed by atoms with van der Waals surface area (Å²) in [5, 5.41) is 3.30. The van der Waals surface area contributed by atoms with Crippen molar-refractivity contribution in [3.63, 3.8) is 0 Å². The average molecular weight is 543 g/mol. The topological polar surface area (TPSA) is 110 Å². The number of nitrogens with one attached hydrogen (secondary N) is 1. The van der Waals surface area contributed by atoms with Crippen LogP contribution in [0.5, 0.6) is 0 Å². The number of piperidine rings is 1. The van der Waals surface area contributed by atoms with E-state index in [2.05, 4.69) is 20.3 Å². The Morgan fingerprint density at radius 3 is 2.58 bits per heavy atom. The number of nitrogens with zero attached hydrogens (tertiary/aromatic N) is 5. The number of anilines is 1. The Morgan fingerprint density at radius 1 is 1.22 bits per heavy atom. The van der Waals surface area contributed by atoms with E-state index in [1.54, 1.807) is 18.2 Å². The third-order valence-electron chi connectivity index (χ3n) is 5.82. The van der Waals surface area contributed by atoms with E-state index in [9.17, 15) is 26.4 Å². The molecule has 9 nitrogen and oxygen atoms in total. The highest BCUT2D eigenvalue weighted by atomic mass is 35.5. The van der Waals surface area contributed by atoms with Gasteiger partial charge in [-0.15, -0.1) is 0 Å². The SMILES string of the molecule is CS(=O)(=O)N1CCC(Nc2ncc(C(F)(F)F)c(-c3cn(-c4cccc(CC=O)c4Cl)cn3)n2)CC1. The monoisotopic (exact) mass is 542 g/mol. The van der Waals surface area contributed by atoms with Gasteiger partial charge in [-0.25, -0.2) is 27.7 Å². The number of alkyl halides is 3. The molecular weight excluding hydrogens is 521 g/mol. The van der Waals surface area contributed by atoms with Gasteiger partial charge in [0, 0.05) is 37.9 Å². The molecule has 0 aliphatic carbocycles. The zero-order valence-corrected chi connectivity index (χ0v) is 20.6. The summed E-state index contributed by atoms with van der Waals surface area (Å²) >= 11 is 6.39. The van der Waals surface area contributed by atoms with Crippen LogP contribution in [0.4, 0.5) is 19.1 Å². The average Bonchev–Trinajstić information content (AvgIpc) is 3.30. The summed E-state index contributed by atoms with van der Waals surface area (Å²) in [5.74, 6) is -0.0173. The van der Waals surface area contributed by atoms with E-state index >= 15 is 0 Å². The minimum atomic E-state index is -4.72. The lowest BCUT2D eigenvalue weighted by atomic mass is 10.1. The molecule has 0 spiro atoms. The maximum atomic E-state index is 13.8. The molecule has 1 N–H and O–H groups in total. The molecule has 1 aliphatic rings. The molecule has 0 saturated carbocycles. The van der Waals surface area contributed by atoms with E-state index in [-0.39, 0.29) is 29.1 Å². The zero-order valence-electron chi connectivity index (χ0n) is 19.0. The standard InChI is InChI=1S/C22H22ClF3N6O3S/c1-36(34,35)32-8-5-15(6-9-32)29-21-27-11-16(22(24,25)26)20(30-21)17-12-31(13-28-17)18-4-2-3-14(7-10-33)19(18)23/h2-4,10-13,15H,5-9H2,1H3,(H,27,29,30). The van der Waals surface area contributed by atoms with Crippen molar-refractivity contribution in [2.24, 2.45) is 0 Å². The molecule has 1 aliphatic heterocycles. The number of hydrogen-bond donors (Lipinski definition) is 1. The Balaban J connectivity index is 1.63. The van der Waals surface area contributed by atoms with Gasteiger partial charge in [0.1, 0.15) is 29.6 Å². The molecule has 0 atom stereocenters. The largest absolute Gasteiger partial charge is 0.420 e. The minimum absolute atomic E-state index is 0.0173. The molecule has 3 aromatic rings. The molecule has 36 heavy (non-hydrogen) atoms. The van der Waals surface area contributed by atoms with Crippen LogP contribution < -0.4 is 5.32 Å². The molecule has 0 unspecified atom stereocenters. The van der Waals surface area contributed by atoms with Crippen LogP contribution in [0.1, 0.15) is 24.0 Å².